The summed E-state index contributed by atoms with van der Waals surface area (Å²) in [6.45, 7) is 15.7. The number of aromatic nitrogens is 1. The van der Waals surface area contributed by atoms with Gasteiger partial charge in [-0.15, -0.1) is 0 Å². The molecule has 26 N–H and O–H groups in total. The average Bonchev–Trinajstić information content (AvgIpc) is 1.88. The number of rotatable bonds is 43. The van der Waals surface area contributed by atoms with Crippen molar-refractivity contribution in [2.75, 3.05) is 72.0 Å². The number of aromatic amines is 1. The van der Waals surface area contributed by atoms with Crippen LogP contribution in [-0.4, -0.2) is 185 Å². The summed E-state index contributed by atoms with van der Waals surface area (Å²) in [5.74, 6) is -0.0539. The van der Waals surface area contributed by atoms with E-state index in [2.05, 4.69) is 95.4 Å². The summed E-state index contributed by atoms with van der Waals surface area (Å²) < 4.78 is 0. The van der Waals surface area contributed by atoms with Crippen LogP contribution < -0.4 is 113 Å². The Morgan fingerprint density at radius 2 is 0.819 bits per heavy atom. The van der Waals surface area contributed by atoms with E-state index < -0.39 is 78.5 Å². The zero-order chi connectivity index (χ0) is 69.2. The van der Waals surface area contributed by atoms with Crippen LogP contribution in [0.5, 0.6) is 0 Å². The molecule has 1 aromatic heterocycles. The lowest BCUT2D eigenvalue weighted by atomic mass is 10.0. The number of unbranched alkanes of at least 4 members (excludes halogenated alkanes) is 3. The number of hydrogen-bond acceptors (Lipinski definition) is 12. The van der Waals surface area contributed by atoms with E-state index in [1.54, 1.807) is 6.92 Å². The summed E-state index contributed by atoms with van der Waals surface area (Å²) in [6.07, 6.45) is 8.67. The topological polar surface area (TPSA) is 461 Å². The average molecular weight is 1340 g/mol. The van der Waals surface area contributed by atoms with E-state index in [9.17, 15) is 38.4 Å². The predicted molar refractivity (Wildman–Crippen MR) is 374 cm³/mol. The van der Waals surface area contributed by atoms with Crippen molar-refractivity contribution in [3.63, 3.8) is 0 Å². The monoisotopic (exact) mass is 1340 g/mol. The maximum atomic E-state index is 13.9. The fourth-order valence-electron chi connectivity index (χ4n) is 9.94. The Kier molecular flexibility index (Phi) is 39.0. The molecule has 2 aromatic carbocycles. The van der Waals surface area contributed by atoms with Gasteiger partial charge >= 0.3 is 48.2 Å². The molecule has 0 radical (unpaired) electrons. The highest BCUT2D eigenvalue weighted by Gasteiger charge is 2.24. The number of fused-ring (bicyclic) bond motifs is 1. The molecule has 0 aliphatic heterocycles. The van der Waals surface area contributed by atoms with Gasteiger partial charge in [-0.2, -0.15) is 0 Å². The van der Waals surface area contributed by atoms with E-state index in [0.717, 1.165) is 41.3 Å². The number of carbonyl (C=O) groups excluding carboxylic acids is 8. The Bertz CT molecular complexity index is 2730. The molecule has 0 spiro atoms. The number of urea groups is 8. The number of H-pyrrole nitrogens is 1. The lowest BCUT2D eigenvalue weighted by Crippen LogP contribution is -2.56. The standard InChI is InChI=1S/C63H112N22O8S/c1-40(2)53(38-69-55(67)86)84-60(91)73-34-47(22-14-17-27-65)80-57(88)74-37-50(30-45-32-68-52-25-12-11-24-51(45)52)82-59(90)72-35-48(23-15-18-28-66)83-63(94)76-39-54(41(3)4)85-61(92)75-36-49(29-44-19-9-8-10-20-44)81-58(89)71-33-46(21-13-16-26-64)79-56(87)70-31-43(7)78-62(93)77-42(5)6/h8-12,19-20,24-25,32,40-43,46-50,53-54,68H,13-18,21-23,26-31,33-39,64-66H2,1-7H3,(H3,67,69,86)(H2,70,79,87)(H2,71,81,89)(H2,72,82,90)(H2,73,84,91)(H2,74,80,88)(H2,75,85,92)(H2,76,83,94)(H2,77,78,93)/t43-,46-,47-,48-,49-,50-,53+,54+/m0/s1. The lowest BCUT2D eigenvalue weighted by molar-refractivity contribution is 0.224. The summed E-state index contributed by atoms with van der Waals surface area (Å²) in [5, 5.41) is 51.1. The fourth-order valence-corrected chi connectivity index (χ4v) is 10.2. The van der Waals surface area contributed by atoms with Crippen LogP contribution in [0.25, 0.3) is 10.9 Å². The molecule has 94 heavy (non-hydrogen) atoms. The molecule has 0 bridgehead atoms. The highest BCUT2D eigenvalue weighted by atomic mass is 32.1. The molecule has 31 heteroatoms. The van der Waals surface area contributed by atoms with Gasteiger partial charge in [-0.3, -0.25) is 0 Å². The molecule has 8 atom stereocenters. The number of amides is 16. The summed E-state index contributed by atoms with van der Waals surface area (Å²) >= 11 is 5.80. The number of primary amides is 1. The van der Waals surface area contributed by atoms with E-state index in [-0.39, 0.29) is 88.4 Å². The summed E-state index contributed by atoms with van der Waals surface area (Å²) in [5.41, 5.74) is 25.5. The van der Waals surface area contributed by atoms with Crippen molar-refractivity contribution in [1.29, 1.82) is 0 Å². The molecule has 3 rings (SSSR count). The van der Waals surface area contributed by atoms with Crippen LogP contribution in [0.15, 0.2) is 60.8 Å². The van der Waals surface area contributed by atoms with Gasteiger partial charge in [-0.1, -0.05) is 95.5 Å². The van der Waals surface area contributed by atoms with Crippen molar-refractivity contribution in [3.05, 3.63) is 71.9 Å². The van der Waals surface area contributed by atoms with Crippen molar-refractivity contribution in [2.45, 2.75) is 173 Å². The zero-order valence-corrected chi connectivity index (χ0v) is 57.0. The van der Waals surface area contributed by atoms with Gasteiger partial charge in [-0.05, 0) is 133 Å². The third-order valence-corrected chi connectivity index (χ3v) is 15.6. The highest BCUT2D eigenvalue weighted by Crippen LogP contribution is 2.19. The first-order chi connectivity index (χ1) is 45.0. The van der Waals surface area contributed by atoms with Crippen molar-refractivity contribution in [3.8, 4) is 0 Å². The second-order valence-corrected chi connectivity index (χ2v) is 25.1. The fraction of sp³-hybridized carbons (Fsp3) is 0.635. The van der Waals surface area contributed by atoms with Crippen molar-refractivity contribution >= 4 is 76.5 Å². The Labute approximate surface area is 560 Å². The minimum absolute atomic E-state index is 0.0119. The molecular weight excluding hydrogens is 1220 g/mol. The van der Waals surface area contributed by atoms with Gasteiger partial charge in [0.1, 0.15) is 0 Å². The smallest absolute Gasteiger partial charge is 0.315 e. The van der Waals surface area contributed by atoms with Crippen LogP contribution >= 0.6 is 12.2 Å². The molecule has 0 fully saturated rings. The first-order valence-corrected chi connectivity index (χ1v) is 33.5. The van der Waals surface area contributed by atoms with Crippen molar-refractivity contribution < 1.29 is 38.4 Å². The molecule has 0 saturated heterocycles. The maximum absolute atomic E-state index is 13.9. The Balaban J connectivity index is 1.62. The third-order valence-electron chi connectivity index (χ3n) is 15.3. The van der Waals surface area contributed by atoms with Crippen LogP contribution in [0.2, 0.25) is 0 Å². The predicted octanol–water partition coefficient (Wildman–Crippen LogP) is 2.26. The summed E-state index contributed by atoms with van der Waals surface area (Å²) in [7, 11) is 0. The lowest BCUT2D eigenvalue weighted by Gasteiger charge is -2.27. The van der Waals surface area contributed by atoms with Gasteiger partial charge in [0.15, 0.2) is 5.11 Å². The number of nitrogens with two attached hydrogens (primary N) is 4. The largest absolute Gasteiger partial charge is 0.361 e. The zero-order valence-electron chi connectivity index (χ0n) is 56.2. The number of thiocarbonyl (C=S) groups is 1. The van der Waals surface area contributed by atoms with Crippen LogP contribution in [0.3, 0.4) is 0 Å². The summed E-state index contributed by atoms with van der Waals surface area (Å²) in [6, 6.07) is 9.95. The van der Waals surface area contributed by atoms with Crippen molar-refractivity contribution in [2.24, 2.45) is 34.8 Å². The molecule has 0 aliphatic rings. The van der Waals surface area contributed by atoms with Gasteiger partial charge in [-0.25, -0.2) is 38.4 Å². The Hall–Kier alpha value is -8.29. The van der Waals surface area contributed by atoms with Gasteiger partial charge in [0.05, 0.1) is 24.2 Å². The first kappa shape index (κ1) is 79.9. The normalized spacial score (nSPS) is 13.7. The van der Waals surface area contributed by atoms with Gasteiger partial charge < -0.3 is 118 Å². The van der Waals surface area contributed by atoms with Crippen LogP contribution in [0.1, 0.15) is 117 Å². The second kappa shape index (κ2) is 45.9. The molecule has 16 amide bonds. The maximum Gasteiger partial charge on any atom is 0.315 e. The Morgan fingerprint density at radius 1 is 0.415 bits per heavy atom. The van der Waals surface area contributed by atoms with E-state index in [1.165, 1.54) is 0 Å². The van der Waals surface area contributed by atoms with Gasteiger partial charge in [0.2, 0.25) is 0 Å². The van der Waals surface area contributed by atoms with Crippen molar-refractivity contribution in [1.82, 2.24) is 95.4 Å². The minimum atomic E-state index is -0.700. The molecule has 0 aliphatic carbocycles. The SMILES string of the molecule is CC(C)NC(=O)N[C@@H](C)CNC(=O)N[C@@H](CCCCN)CNC(=O)N[C@H](CNC(=O)N[C@H](CNC(=S)N[C@@H](CCCCN)CNC(=O)N[C@H](CNC(=O)N[C@@H](CCCCN)CNC(=O)N[C@H](CNC(N)=O)C(C)C)Cc1c[nH]c2ccccc12)C(C)C)Cc1ccccc1. The van der Waals surface area contributed by atoms with Gasteiger partial charge in [0.25, 0.3) is 0 Å². The van der Waals surface area contributed by atoms with Gasteiger partial charge in [0, 0.05) is 99.7 Å². The highest BCUT2D eigenvalue weighted by molar-refractivity contribution is 7.80. The van der Waals surface area contributed by atoms with E-state index in [4.69, 9.17) is 35.2 Å². The number of carbonyl (C=O) groups is 8. The minimum Gasteiger partial charge on any atom is -0.361 e. The number of para-hydroxylation sites is 1. The van der Waals surface area contributed by atoms with Crippen LogP contribution in [-0.2, 0) is 12.8 Å². The van der Waals surface area contributed by atoms with E-state index in [1.807, 2.05) is 102 Å². The quantitative estimate of drug-likeness (QED) is 0.0286. The molecule has 528 valence electrons. The molecule has 1 heterocycles. The molecule has 30 nitrogen and oxygen atoms in total. The number of nitrogens with one attached hydrogen (secondary N) is 18. The second-order valence-electron chi connectivity index (χ2n) is 24.7. The molecule has 0 unspecified atom stereocenters. The molecule has 3 aromatic rings. The third kappa shape index (κ3) is 35.7. The molecular formula is C63H112N22O8S. The van der Waals surface area contributed by atoms with E-state index in [0.29, 0.717) is 76.1 Å². The number of benzene rings is 2. The first-order valence-electron chi connectivity index (χ1n) is 33.1. The van der Waals surface area contributed by atoms with Crippen LogP contribution in [0.4, 0.5) is 38.4 Å². The van der Waals surface area contributed by atoms with Crippen LogP contribution in [0, 0.1) is 11.8 Å². The number of hydrogen-bond donors (Lipinski definition) is 22. The van der Waals surface area contributed by atoms with E-state index >= 15 is 0 Å². The summed E-state index contributed by atoms with van der Waals surface area (Å²) in [4.78, 5) is 107. The Morgan fingerprint density at radius 3 is 1.28 bits per heavy atom. The molecule has 0 saturated carbocycles.